The third-order valence-corrected chi connectivity index (χ3v) is 3.64. The van der Waals surface area contributed by atoms with E-state index in [4.69, 9.17) is 0 Å². The Hall–Kier alpha value is -1.40. The molecule has 2 aromatic rings. The average molecular weight is 363 g/mol. The van der Waals surface area contributed by atoms with E-state index in [0.29, 0.717) is 5.56 Å². The van der Waals surface area contributed by atoms with Gasteiger partial charge in [-0.1, -0.05) is 28.1 Å². The topological polar surface area (TPSA) is 20.2 Å². The number of alkyl halides is 3. The maximum Gasteiger partial charge on any atom is 0.416 e. The highest BCUT2D eigenvalue weighted by atomic mass is 79.9. The summed E-state index contributed by atoms with van der Waals surface area (Å²) in [6.45, 7) is 1.60. The van der Waals surface area contributed by atoms with Gasteiger partial charge in [0.15, 0.2) is 0 Å². The highest BCUT2D eigenvalue weighted by Gasteiger charge is 2.35. The molecule has 0 heterocycles. The van der Waals surface area contributed by atoms with E-state index in [1.807, 2.05) is 0 Å². The number of hydrogen-bond donors (Lipinski definition) is 1. The van der Waals surface area contributed by atoms with Gasteiger partial charge in [0.05, 0.1) is 5.56 Å². The normalized spacial score (nSPS) is 13.3. The summed E-state index contributed by atoms with van der Waals surface area (Å²) in [7, 11) is 0. The van der Waals surface area contributed by atoms with Gasteiger partial charge in [-0.25, -0.2) is 4.39 Å². The number of aliphatic hydroxyl groups is 1. The van der Waals surface area contributed by atoms with Crippen LogP contribution >= 0.6 is 15.9 Å². The molecule has 0 saturated heterocycles. The van der Waals surface area contributed by atoms with Gasteiger partial charge in [-0.2, -0.15) is 13.2 Å². The largest absolute Gasteiger partial charge is 0.416 e. The van der Waals surface area contributed by atoms with Crippen LogP contribution in [0.25, 0.3) is 0 Å². The first-order valence-electron chi connectivity index (χ1n) is 6.01. The van der Waals surface area contributed by atoms with Crippen molar-refractivity contribution in [1.82, 2.24) is 0 Å². The average Bonchev–Trinajstić information content (AvgIpc) is 2.40. The van der Waals surface area contributed by atoms with E-state index in [0.717, 1.165) is 12.1 Å². The van der Waals surface area contributed by atoms with E-state index < -0.39 is 23.7 Å². The van der Waals surface area contributed by atoms with Crippen molar-refractivity contribution in [3.8, 4) is 0 Å². The van der Waals surface area contributed by atoms with Crippen LogP contribution in [0.4, 0.5) is 17.6 Å². The van der Waals surface area contributed by atoms with Crippen molar-refractivity contribution < 1.29 is 22.7 Å². The second-order valence-corrected chi connectivity index (χ2v) is 5.55. The first-order chi connectivity index (χ1) is 9.70. The summed E-state index contributed by atoms with van der Waals surface area (Å²) in [5.41, 5.74) is -0.629. The molecule has 1 atom stereocenters. The number of rotatable bonds is 2. The third-order valence-electron chi connectivity index (χ3n) is 3.15. The Morgan fingerprint density at radius 1 is 1.05 bits per heavy atom. The van der Waals surface area contributed by atoms with E-state index in [2.05, 4.69) is 15.9 Å². The van der Waals surface area contributed by atoms with Crippen molar-refractivity contribution in [2.45, 2.75) is 19.2 Å². The van der Waals surface area contributed by atoms with Gasteiger partial charge in [-0.3, -0.25) is 0 Å². The molecule has 0 aliphatic rings. The molecule has 0 saturated carbocycles. The molecule has 1 N–H and O–H groups in total. The van der Waals surface area contributed by atoms with Gasteiger partial charge in [-0.15, -0.1) is 0 Å². The molecular formula is C15H11BrF4O. The van der Waals surface area contributed by atoms with E-state index in [1.54, 1.807) is 6.92 Å². The molecule has 6 heteroatoms. The standard InChI is InChI=1S/C15H11BrF4O/c1-8-2-4-10(17)7-12(8)14(21)11-5-3-9(16)6-13(11)15(18,19)20/h2-7,14,21H,1H3. The summed E-state index contributed by atoms with van der Waals surface area (Å²) in [6.07, 6.45) is -6.16. The van der Waals surface area contributed by atoms with E-state index in [9.17, 15) is 22.7 Å². The molecule has 0 fully saturated rings. The lowest BCUT2D eigenvalue weighted by molar-refractivity contribution is -0.139. The van der Waals surface area contributed by atoms with Crippen molar-refractivity contribution in [2.24, 2.45) is 0 Å². The second kappa shape index (κ2) is 5.77. The monoisotopic (exact) mass is 362 g/mol. The molecule has 0 aliphatic carbocycles. The summed E-state index contributed by atoms with van der Waals surface area (Å²) < 4.78 is 52.8. The highest BCUT2D eigenvalue weighted by molar-refractivity contribution is 9.10. The van der Waals surface area contributed by atoms with E-state index in [1.165, 1.54) is 24.3 Å². The van der Waals surface area contributed by atoms with Crippen LogP contribution in [0, 0.1) is 12.7 Å². The van der Waals surface area contributed by atoms with Crippen LogP contribution in [0.15, 0.2) is 40.9 Å². The Balaban J connectivity index is 2.58. The van der Waals surface area contributed by atoms with E-state index in [-0.39, 0.29) is 15.6 Å². The molecule has 0 radical (unpaired) electrons. The van der Waals surface area contributed by atoms with Crippen LogP contribution in [0.1, 0.15) is 28.4 Å². The van der Waals surface area contributed by atoms with Crippen LogP contribution in [-0.2, 0) is 6.18 Å². The van der Waals surface area contributed by atoms with Gasteiger partial charge in [-0.05, 0) is 47.9 Å². The maximum absolute atomic E-state index is 13.3. The van der Waals surface area contributed by atoms with Crippen LogP contribution in [0.5, 0.6) is 0 Å². The van der Waals surface area contributed by atoms with E-state index >= 15 is 0 Å². The van der Waals surface area contributed by atoms with Crippen LogP contribution in [0.3, 0.4) is 0 Å². The second-order valence-electron chi connectivity index (χ2n) is 4.63. The van der Waals surface area contributed by atoms with Gasteiger partial charge in [0.1, 0.15) is 11.9 Å². The minimum atomic E-state index is -4.61. The molecule has 0 aromatic heterocycles. The fourth-order valence-electron chi connectivity index (χ4n) is 2.09. The summed E-state index contributed by atoms with van der Waals surface area (Å²) >= 11 is 2.98. The smallest absolute Gasteiger partial charge is 0.384 e. The Bertz CT molecular complexity index is 667. The van der Waals surface area contributed by atoms with Gasteiger partial charge in [0, 0.05) is 4.47 Å². The Morgan fingerprint density at radius 3 is 2.33 bits per heavy atom. The molecule has 112 valence electrons. The Morgan fingerprint density at radius 2 is 1.71 bits per heavy atom. The van der Waals surface area contributed by atoms with Crippen molar-refractivity contribution in [3.63, 3.8) is 0 Å². The lowest BCUT2D eigenvalue weighted by Crippen LogP contribution is -2.13. The quantitative estimate of drug-likeness (QED) is 0.745. The predicted octanol–water partition coefficient (Wildman–Crippen LogP) is 5.00. The summed E-state index contributed by atoms with van der Waals surface area (Å²) in [5, 5.41) is 10.3. The molecule has 0 bridgehead atoms. The predicted molar refractivity (Wildman–Crippen MR) is 74.3 cm³/mol. The van der Waals surface area contributed by atoms with Gasteiger partial charge >= 0.3 is 6.18 Å². The summed E-state index contributed by atoms with van der Waals surface area (Å²) in [6, 6.07) is 7.14. The number of halogens is 5. The fraction of sp³-hybridized carbons (Fsp3) is 0.200. The van der Waals surface area contributed by atoms with Gasteiger partial charge < -0.3 is 5.11 Å². The first-order valence-corrected chi connectivity index (χ1v) is 6.80. The lowest BCUT2D eigenvalue weighted by Gasteiger charge is -2.19. The maximum atomic E-state index is 13.3. The lowest BCUT2D eigenvalue weighted by atomic mass is 9.94. The zero-order valence-corrected chi connectivity index (χ0v) is 12.5. The minimum absolute atomic E-state index is 0.114. The molecule has 1 unspecified atom stereocenters. The van der Waals surface area contributed by atoms with Crippen molar-refractivity contribution in [1.29, 1.82) is 0 Å². The SMILES string of the molecule is Cc1ccc(F)cc1C(O)c1ccc(Br)cc1C(F)(F)F. The summed E-state index contributed by atoms with van der Waals surface area (Å²) in [4.78, 5) is 0. The molecule has 0 aliphatic heterocycles. The van der Waals surface area contributed by atoms with Crippen LogP contribution < -0.4 is 0 Å². The number of aryl methyl sites for hydroxylation is 1. The fourth-order valence-corrected chi connectivity index (χ4v) is 2.45. The third kappa shape index (κ3) is 3.44. The molecule has 1 nitrogen and oxygen atoms in total. The number of benzene rings is 2. The molecule has 0 amide bonds. The van der Waals surface area contributed by atoms with Crippen LogP contribution in [-0.4, -0.2) is 5.11 Å². The molecule has 2 rings (SSSR count). The molecule has 0 spiro atoms. The minimum Gasteiger partial charge on any atom is -0.384 e. The van der Waals surface area contributed by atoms with Crippen LogP contribution in [0.2, 0.25) is 0 Å². The Labute approximate surface area is 127 Å². The zero-order valence-electron chi connectivity index (χ0n) is 10.9. The van der Waals surface area contributed by atoms with Gasteiger partial charge in [0.25, 0.3) is 0 Å². The highest BCUT2D eigenvalue weighted by Crippen LogP contribution is 2.38. The zero-order chi connectivity index (χ0) is 15.8. The first kappa shape index (κ1) is 16.0. The molecular weight excluding hydrogens is 352 g/mol. The summed E-state index contributed by atoms with van der Waals surface area (Å²) in [5.74, 6) is -0.611. The van der Waals surface area contributed by atoms with Crippen molar-refractivity contribution in [3.05, 3.63) is 68.9 Å². The Kier molecular flexibility index (Phi) is 4.39. The number of hydrogen-bond acceptors (Lipinski definition) is 1. The van der Waals surface area contributed by atoms with Crippen molar-refractivity contribution in [2.75, 3.05) is 0 Å². The molecule has 21 heavy (non-hydrogen) atoms. The van der Waals surface area contributed by atoms with Crippen molar-refractivity contribution >= 4 is 15.9 Å². The van der Waals surface area contributed by atoms with Gasteiger partial charge in [0.2, 0.25) is 0 Å². The molecule has 2 aromatic carbocycles. The number of aliphatic hydroxyl groups excluding tert-OH is 1.